The van der Waals surface area contributed by atoms with Crippen LogP contribution in [0, 0.1) is 10.1 Å². The van der Waals surface area contributed by atoms with Crippen molar-refractivity contribution in [3.8, 4) is 5.75 Å². The molecule has 28 heavy (non-hydrogen) atoms. The zero-order chi connectivity index (χ0) is 21.8. The van der Waals surface area contributed by atoms with Gasteiger partial charge in [-0.3, -0.25) is 10.1 Å². The summed E-state index contributed by atoms with van der Waals surface area (Å²) in [7, 11) is 0. The van der Waals surface area contributed by atoms with Gasteiger partial charge in [0.1, 0.15) is 29.6 Å². The van der Waals surface area contributed by atoms with E-state index in [0.29, 0.717) is 0 Å². The number of alkyl halides is 3. The van der Waals surface area contributed by atoms with E-state index in [2.05, 4.69) is 4.74 Å². The number of aliphatic carboxylic acids is 1. The van der Waals surface area contributed by atoms with Crippen molar-refractivity contribution < 1.29 is 58.3 Å². The van der Waals surface area contributed by atoms with Crippen LogP contribution >= 0.6 is 0 Å². The summed E-state index contributed by atoms with van der Waals surface area (Å²) in [6.07, 6.45) is -16.1. The van der Waals surface area contributed by atoms with Gasteiger partial charge in [-0.2, -0.15) is 13.2 Å². The van der Waals surface area contributed by atoms with Crippen molar-refractivity contribution in [3.05, 3.63) is 27.3 Å². The monoisotopic (exact) mass is 414 g/mol. The lowest BCUT2D eigenvalue weighted by Gasteiger charge is -2.45. The molecule has 0 aliphatic carbocycles. The molecule has 0 spiro atoms. The Balaban J connectivity index is 3.05. The first-order valence-electron chi connectivity index (χ1n) is 7.18. The molecule has 0 saturated carbocycles. The van der Waals surface area contributed by atoms with Gasteiger partial charge in [0.25, 0.3) is 5.69 Å². The third kappa shape index (κ3) is 2.98. The molecule has 1 saturated heterocycles. The number of carboxylic acids is 1. The number of rotatable bonds is 3. The van der Waals surface area contributed by atoms with Gasteiger partial charge in [-0.05, 0) is 0 Å². The maximum absolute atomic E-state index is 13.6. The highest BCUT2D eigenvalue weighted by molar-refractivity contribution is 5.86. The molecule has 1 aliphatic heterocycles. The molecular weight excluding hydrogens is 401 g/mol. The number of nitro benzene ring substituents is 1. The topological polar surface area (TPSA) is 217 Å². The van der Waals surface area contributed by atoms with Gasteiger partial charge >= 0.3 is 12.1 Å². The van der Waals surface area contributed by atoms with Gasteiger partial charge in [-0.1, -0.05) is 0 Å². The Kier molecular flexibility index (Phi) is 5.17. The number of aliphatic hydroxyl groups is 4. The summed E-state index contributed by atoms with van der Waals surface area (Å²) >= 11 is 0. The van der Waals surface area contributed by atoms with Crippen LogP contribution < -0.4 is 5.73 Å². The van der Waals surface area contributed by atoms with E-state index in [1.54, 1.807) is 0 Å². The first-order valence-corrected chi connectivity index (χ1v) is 7.18. The predicted molar refractivity (Wildman–Crippen MR) is 78.6 cm³/mol. The number of benzene rings is 1. The Morgan fingerprint density at radius 2 is 1.79 bits per heavy atom. The van der Waals surface area contributed by atoms with Gasteiger partial charge < -0.3 is 41.1 Å². The molecule has 15 heteroatoms. The number of carbonyl (C=O) groups is 1. The average molecular weight is 414 g/mol. The van der Waals surface area contributed by atoms with Crippen molar-refractivity contribution in [2.24, 2.45) is 0 Å². The highest BCUT2D eigenvalue weighted by Crippen LogP contribution is 2.52. The van der Waals surface area contributed by atoms with Crippen molar-refractivity contribution in [2.75, 3.05) is 5.73 Å². The number of anilines is 1. The van der Waals surface area contributed by atoms with Gasteiger partial charge in [-0.25, -0.2) is 4.79 Å². The molecule has 1 heterocycles. The highest BCUT2D eigenvalue weighted by Gasteiger charge is 2.63. The number of phenolic OH excluding ortho intramolecular Hbond substituents is 1. The molecular formula is C13H13F3N2O10. The van der Waals surface area contributed by atoms with Crippen LogP contribution in [0.2, 0.25) is 0 Å². The summed E-state index contributed by atoms with van der Waals surface area (Å²) in [5, 5.41) is 69.3. The summed E-state index contributed by atoms with van der Waals surface area (Å²) in [4.78, 5) is 21.3. The van der Waals surface area contributed by atoms with Gasteiger partial charge in [0, 0.05) is 5.56 Å². The normalized spacial score (nSPS) is 30.8. The molecule has 1 aliphatic rings. The summed E-state index contributed by atoms with van der Waals surface area (Å²) in [5.41, 5.74) is -5.74. The van der Waals surface area contributed by atoms with E-state index in [0.717, 1.165) is 0 Å². The standard InChI is InChI=1S/C13H13F3N2O10/c14-13(15,16)4-2(18(26)27)1-3(19)6(17)5(4)12(11(24)25)9(22)7(20)8(21)10(23)28-12/h1,7-10,19-23H,17H2,(H,24,25). The molecule has 2 rings (SSSR count). The van der Waals surface area contributed by atoms with Crippen molar-refractivity contribution >= 4 is 17.3 Å². The number of ether oxygens (including phenoxy) is 1. The van der Waals surface area contributed by atoms with E-state index in [9.17, 15) is 58.7 Å². The van der Waals surface area contributed by atoms with Gasteiger partial charge in [0.15, 0.2) is 6.29 Å². The van der Waals surface area contributed by atoms with Crippen LogP contribution in [-0.2, 0) is 21.3 Å². The second-order valence-corrected chi connectivity index (χ2v) is 5.81. The summed E-state index contributed by atoms with van der Waals surface area (Å²) < 4.78 is 45.4. The number of nitrogen functional groups attached to an aromatic ring is 1. The summed E-state index contributed by atoms with van der Waals surface area (Å²) in [5.74, 6) is -3.82. The van der Waals surface area contributed by atoms with Gasteiger partial charge in [-0.15, -0.1) is 0 Å². The fourth-order valence-corrected chi connectivity index (χ4v) is 2.90. The molecule has 0 amide bonds. The molecule has 5 atom stereocenters. The third-order valence-corrected chi connectivity index (χ3v) is 4.18. The number of aliphatic hydroxyl groups excluding tert-OH is 4. The molecule has 1 fully saturated rings. The van der Waals surface area contributed by atoms with Crippen molar-refractivity contribution in [1.29, 1.82) is 0 Å². The molecule has 0 bridgehead atoms. The fraction of sp³-hybridized carbons (Fsp3) is 0.462. The molecule has 8 N–H and O–H groups in total. The fourth-order valence-electron chi connectivity index (χ4n) is 2.90. The quantitative estimate of drug-likeness (QED) is 0.132. The number of nitrogens with zero attached hydrogens (tertiary/aromatic N) is 1. The zero-order valence-corrected chi connectivity index (χ0v) is 13.4. The van der Waals surface area contributed by atoms with Gasteiger partial charge in [0.2, 0.25) is 5.60 Å². The van der Waals surface area contributed by atoms with Crippen molar-refractivity contribution in [3.63, 3.8) is 0 Å². The van der Waals surface area contributed by atoms with Crippen LogP contribution in [-0.4, -0.2) is 66.1 Å². The molecule has 1 aromatic rings. The molecule has 0 aromatic heterocycles. The Morgan fingerprint density at radius 1 is 1.25 bits per heavy atom. The molecule has 156 valence electrons. The maximum atomic E-state index is 13.6. The van der Waals surface area contributed by atoms with Crippen molar-refractivity contribution in [1.82, 2.24) is 0 Å². The number of hydrogen-bond donors (Lipinski definition) is 7. The van der Waals surface area contributed by atoms with Gasteiger partial charge in [0.05, 0.1) is 16.7 Å². The Hall–Kier alpha value is -2.72. The lowest BCUT2D eigenvalue weighted by atomic mass is 9.77. The minimum absolute atomic E-state index is 0.00805. The number of nitrogens with two attached hydrogens (primary N) is 1. The predicted octanol–water partition coefficient (Wildman–Crippen LogP) is -1.39. The lowest BCUT2D eigenvalue weighted by molar-refractivity contribution is -0.388. The van der Waals surface area contributed by atoms with E-state index >= 15 is 0 Å². The van der Waals surface area contributed by atoms with E-state index < -0.39 is 75.5 Å². The molecule has 1 aromatic carbocycles. The number of phenols is 1. The van der Waals surface area contributed by atoms with Crippen LogP contribution in [0.3, 0.4) is 0 Å². The zero-order valence-electron chi connectivity index (χ0n) is 13.4. The van der Waals surface area contributed by atoms with Crippen LogP contribution in [0.15, 0.2) is 6.07 Å². The minimum atomic E-state index is -5.66. The van der Waals surface area contributed by atoms with Crippen LogP contribution in [0.25, 0.3) is 0 Å². The maximum Gasteiger partial charge on any atom is 0.423 e. The van der Waals surface area contributed by atoms with Crippen LogP contribution in [0.5, 0.6) is 5.75 Å². The second-order valence-electron chi connectivity index (χ2n) is 5.81. The Labute approximate surface area is 152 Å². The van der Waals surface area contributed by atoms with E-state index in [1.807, 2.05) is 0 Å². The first kappa shape index (κ1) is 21.6. The number of halogens is 3. The summed E-state index contributed by atoms with van der Waals surface area (Å²) in [6, 6.07) is 0.00805. The number of aromatic hydroxyl groups is 1. The Morgan fingerprint density at radius 3 is 2.21 bits per heavy atom. The second kappa shape index (κ2) is 6.71. The highest BCUT2D eigenvalue weighted by atomic mass is 19.4. The molecule has 0 radical (unpaired) electrons. The van der Waals surface area contributed by atoms with E-state index in [4.69, 9.17) is 5.73 Å². The Bertz CT molecular complexity index is 832. The molecule has 12 nitrogen and oxygen atoms in total. The lowest BCUT2D eigenvalue weighted by Crippen LogP contribution is -2.66. The third-order valence-electron chi connectivity index (χ3n) is 4.18. The van der Waals surface area contributed by atoms with E-state index in [-0.39, 0.29) is 6.07 Å². The van der Waals surface area contributed by atoms with E-state index in [1.165, 1.54) is 0 Å². The number of nitro groups is 1. The average Bonchev–Trinajstić information content (AvgIpc) is 2.57. The van der Waals surface area contributed by atoms with Crippen LogP contribution in [0.1, 0.15) is 11.1 Å². The smallest absolute Gasteiger partial charge is 0.423 e. The van der Waals surface area contributed by atoms with Crippen molar-refractivity contribution in [2.45, 2.75) is 36.4 Å². The largest absolute Gasteiger partial charge is 0.506 e. The minimum Gasteiger partial charge on any atom is -0.506 e. The molecule has 5 unspecified atom stereocenters. The number of hydrogen-bond acceptors (Lipinski definition) is 10. The number of carboxylic acid groups (broad SMARTS) is 1. The first-order chi connectivity index (χ1) is 12.7. The van der Waals surface area contributed by atoms with Crippen LogP contribution in [0.4, 0.5) is 24.5 Å². The summed E-state index contributed by atoms with van der Waals surface area (Å²) in [6.45, 7) is 0. The SMILES string of the molecule is Nc1c(O)cc([N+](=O)[O-])c(C(F)(F)F)c1C1(C(=O)O)OC(O)C(O)C(O)C1O.